The van der Waals surface area contributed by atoms with Gasteiger partial charge in [0.2, 0.25) is 5.91 Å². The van der Waals surface area contributed by atoms with Gasteiger partial charge >= 0.3 is 0 Å². The van der Waals surface area contributed by atoms with E-state index in [-0.39, 0.29) is 17.9 Å². The Morgan fingerprint density at radius 1 is 1.30 bits per heavy atom. The molecule has 2 rings (SSSR count). The van der Waals surface area contributed by atoms with Gasteiger partial charge in [-0.1, -0.05) is 50.6 Å². The van der Waals surface area contributed by atoms with Gasteiger partial charge in [-0.2, -0.15) is 0 Å². The first kappa shape index (κ1) is 15.0. The third-order valence-corrected chi connectivity index (χ3v) is 4.62. The quantitative estimate of drug-likeness (QED) is 0.917. The van der Waals surface area contributed by atoms with Crippen LogP contribution in [0.1, 0.15) is 44.6 Å². The molecule has 1 aromatic carbocycles. The van der Waals surface area contributed by atoms with Crippen LogP contribution in [0.5, 0.6) is 0 Å². The molecule has 2 N–H and O–H groups in total. The second kappa shape index (κ2) is 6.89. The highest BCUT2D eigenvalue weighted by Gasteiger charge is 2.28. The van der Waals surface area contributed by atoms with E-state index in [1.807, 2.05) is 11.0 Å². The van der Waals surface area contributed by atoms with Crippen molar-refractivity contribution in [1.82, 2.24) is 4.90 Å². The van der Waals surface area contributed by atoms with Crippen LogP contribution < -0.4 is 5.73 Å². The summed E-state index contributed by atoms with van der Waals surface area (Å²) in [5.74, 6) is 0.972. The minimum absolute atomic E-state index is 0.130. The normalized spacial score (nSPS) is 19.6. The number of nitrogens with two attached hydrogens (primary N) is 1. The molecule has 3 heteroatoms. The molecule has 2 unspecified atom stereocenters. The van der Waals surface area contributed by atoms with Crippen molar-refractivity contribution in [2.75, 3.05) is 13.1 Å². The van der Waals surface area contributed by atoms with Gasteiger partial charge in [-0.15, -0.1) is 0 Å². The Hall–Kier alpha value is -1.35. The predicted octanol–water partition coefficient (Wildman–Crippen LogP) is 2.77. The van der Waals surface area contributed by atoms with E-state index in [2.05, 4.69) is 38.1 Å². The van der Waals surface area contributed by atoms with Crippen molar-refractivity contribution in [1.29, 1.82) is 0 Å². The van der Waals surface area contributed by atoms with Crippen LogP contribution in [0.25, 0.3) is 0 Å². The first-order valence-corrected chi connectivity index (χ1v) is 7.72. The largest absolute Gasteiger partial charge is 0.341 e. The van der Waals surface area contributed by atoms with E-state index in [0.29, 0.717) is 5.92 Å². The number of carbonyl (C=O) groups excluding carboxylic acids is 1. The Balaban J connectivity index is 1.90. The third-order valence-electron chi connectivity index (χ3n) is 4.62. The Morgan fingerprint density at radius 3 is 2.45 bits per heavy atom. The molecule has 1 aliphatic rings. The van der Waals surface area contributed by atoms with Crippen molar-refractivity contribution in [2.24, 2.45) is 11.7 Å². The SMILES string of the molecule is CCC(C)C(N)C(=O)N1CCC(c2ccccc2)CC1. The molecule has 0 aliphatic carbocycles. The van der Waals surface area contributed by atoms with Gasteiger partial charge in [-0.25, -0.2) is 0 Å². The lowest BCUT2D eigenvalue weighted by molar-refractivity contribution is -0.134. The van der Waals surface area contributed by atoms with Crippen molar-refractivity contribution in [2.45, 2.75) is 45.1 Å². The average Bonchev–Trinajstić information content (AvgIpc) is 2.53. The summed E-state index contributed by atoms with van der Waals surface area (Å²) in [5.41, 5.74) is 7.45. The topological polar surface area (TPSA) is 46.3 Å². The first-order valence-electron chi connectivity index (χ1n) is 7.72. The van der Waals surface area contributed by atoms with Gasteiger partial charge in [0.1, 0.15) is 0 Å². The fourth-order valence-corrected chi connectivity index (χ4v) is 2.87. The van der Waals surface area contributed by atoms with Crippen molar-refractivity contribution in [3.05, 3.63) is 35.9 Å². The minimum atomic E-state index is -0.340. The summed E-state index contributed by atoms with van der Waals surface area (Å²) < 4.78 is 0. The summed E-state index contributed by atoms with van der Waals surface area (Å²) in [6.45, 7) is 5.81. The second-order valence-electron chi connectivity index (χ2n) is 5.92. The number of likely N-dealkylation sites (tertiary alicyclic amines) is 1. The van der Waals surface area contributed by atoms with Crippen molar-refractivity contribution in [3.8, 4) is 0 Å². The average molecular weight is 274 g/mol. The van der Waals surface area contributed by atoms with E-state index in [1.165, 1.54) is 5.56 Å². The zero-order valence-corrected chi connectivity index (χ0v) is 12.6. The van der Waals surface area contributed by atoms with Crippen molar-refractivity contribution < 1.29 is 4.79 Å². The molecule has 1 amide bonds. The van der Waals surface area contributed by atoms with E-state index in [4.69, 9.17) is 5.73 Å². The summed E-state index contributed by atoms with van der Waals surface area (Å²) in [7, 11) is 0. The smallest absolute Gasteiger partial charge is 0.239 e. The van der Waals surface area contributed by atoms with E-state index in [0.717, 1.165) is 32.4 Å². The molecular formula is C17H26N2O. The minimum Gasteiger partial charge on any atom is -0.341 e. The lowest BCUT2D eigenvalue weighted by Gasteiger charge is -2.34. The Bertz CT molecular complexity index is 424. The molecule has 0 aromatic heterocycles. The first-order chi connectivity index (χ1) is 9.63. The maximum Gasteiger partial charge on any atom is 0.239 e. The standard InChI is InChI=1S/C17H26N2O/c1-3-13(2)16(18)17(20)19-11-9-15(10-12-19)14-7-5-4-6-8-14/h4-8,13,15-16H,3,9-12,18H2,1-2H3. The highest BCUT2D eigenvalue weighted by molar-refractivity contribution is 5.82. The molecule has 0 bridgehead atoms. The van der Waals surface area contributed by atoms with E-state index in [9.17, 15) is 4.79 Å². The maximum absolute atomic E-state index is 12.3. The maximum atomic E-state index is 12.3. The molecule has 2 atom stereocenters. The molecule has 1 saturated heterocycles. The number of benzene rings is 1. The fraction of sp³-hybridized carbons (Fsp3) is 0.588. The Labute approximate surface area is 122 Å². The molecule has 0 saturated carbocycles. The second-order valence-corrected chi connectivity index (χ2v) is 5.92. The van der Waals surface area contributed by atoms with E-state index < -0.39 is 0 Å². The highest BCUT2D eigenvalue weighted by Crippen LogP contribution is 2.28. The summed E-state index contributed by atoms with van der Waals surface area (Å²) in [5, 5.41) is 0. The molecule has 1 aliphatic heterocycles. The van der Waals surface area contributed by atoms with Crippen LogP contribution in [-0.2, 0) is 4.79 Å². The molecule has 1 fully saturated rings. The number of hydrogen-bond acceptors (Lipinski definition) is 2. The molecule has 110 valence electrons. The van der Waals surface area contributed by atoms with Crippen LogP contribution in [0.15, 0.2) is 30.3 Å². The van der Waals surface area contributed by atoms with Crippen LogP contribution in [0.4, 0.5) is 0 Å². The molecule has 1 aromatic rings. The van der Waals surface area contributed by atoms with Gasteiger partial charge in [-0.05, 0) is 30.2 Å². The molecule has 0 radical (unpaired) electrons. The van der Waals surface area contributed by atoms with Gasteiger partial charge in [0, 0.05) is 13.1 Å². The molecule has 20 heavy (non-hydrogen) atoms. The number of piperidine rings is 1. The number of hydrogen-bond donors (Lipinski definition) is 1. The fourth-order valence-electron chi connectivity index (χ4n) is 2.87. The lowest BCUT2D eigenvalue weighted by atomic mass is 9.89. The van der Waals surface area contributed by atoms with Crippen LogP contribution >= 0.6 is 0 Å². The number of amides is 1. The van der Waals surface area contributed by atoms with Crippen LogP contribution in [0.2, 0.25) is 0 Å². The number of carbonyl (C=O) groups is 1. The molecule has 0 spiro atoms. The summed E-state index contributed by atoms with van der Waals surface area (Å²) >= 11 is 0. The molecule has 3 nitrogen and oxygen atoms in total. The summed E-state index contributed by atoms with van der Waals surface area (Å²) in [6, 6.07) is 10.3. The summed E-state index contributed by atoms with van der Waals surface area (Å²) in [6.07, 6.45) is 3.04. The van der Waals surface area contributed by atoms with Gasteiger partial charge in [0.25, 0.3) is 0 Å². The Kier molecular flexibility index (Phi) is 5.18. The van der Waals surface area contributed by atoms with Gasteiger partial charge in [-0.3, -0.25) is 4.79 Å². The van der Waals surface area contributed by atoms with Crippen LogP contribution in [0.3, 0.4) is 0 Å². The number of nitrogens with zero attached hydrogens (tertiary/aromatic N) is 1. The third kappa shape index (κ3) is 3.40. The monoisotopic (exact) mass is 274 g/mol. The van der Waals surface area contributed by atoms with Gasteiger partial charge in [0.05, 0.1) is 6.04 Å². The lowest BCUT2D eigenvalue weighted by Crippen LogP contribution is -2.49. The van der Waals surface area contributed by atoms with Gasteiger partial charge < -0.3 is 10.6 Å². The Morgan fingerprint density at radius 2 is 1.90 bits per heavy atom. The number of rotatable bonds is 4. The van der Waals surface area contributed by atoms with Crippen molar-refractivity contribution >= 4 is 5.91 Å². The van der Waals surface area contributed by atoms with Crippen LogP contribution in [0, 0.1) is 5.92 Å². The molecular weight excluding hydrogens is 248 g/mol. The van der Waals surface area contributed by atoms with Crippen molar-refractivity contribution in [3.63, 3.8) is 0 Å². The summed E-state index contributed by atoms with van der Waals surface area (Å²) in [4.78, 5) is 14.3. The molecule has 1 heterocycles. The zero-order valence-electron chi connectivity index (χ0n) is 12.6. The van der Waals surface area contributed by atoms with E-state index >= 15 is 0 Å². The van der Waals surface area contributed by atoms with Gasteiger partial charge in [0.15, 0.2) is 0 Å². The highest BCUT2D eigenvalue weighted by atomic mass is 16.2. The van der Waals surface area contributed by atoms with Crippen LogP contribution in [-0.4, -0.2) is 29.9 Å². The zero-order chi connectivity index (χ0) is 14.5. The van der Waals surface area contributed by atoms with E-state index in [1.54, 1.807) is 0 Å². The predicted molar refractivity (Wildman–Crippen MR) is 82.4 cm³/mol.